The highest BCUT2D eigenvalue weighted by Gasteiger charge is 2.28. The molecule has 2 aliphatic rings. The third kappa shape index (κ3) is 5.08. The highest BCUT2D eigenvalue weighted by molar-refractivity contribution is 5.79. The normalized spacial score (nSPS) is 29.1. The summed E-state index contributed by atoms with van der Waals surface area (Å²) in [4.78, 5) is 12.2. The average molecular weight is 280 g/mol. The predicted octanol–water partition coefficient (Wildman–Crippen LogP) is 3.10. The average Bonchev–Trinajstić information content (AvgIpc) is 2.40. The molecule has 2 fully saturated rings. The van der Waals surface area contributed by atoms with Crippen molar-refractivity contribution < 1.29 is 4.79 Å². The predicted molar refractivity (Wildman–Crippen MR) is 83.6 cm³/mol. The molecule has 0 unspecified atom stereocenters. The van der Waals surface area contributed by atoms with Gasteiger partial charge in [0.15, 0.2) is 0 Å². The lowest BCUT2D eigenvalue weighted by atomic mass is 9.76. The summed E-state index contributed by atoms with van der Waals surface area (Å²) in [6.07, 6.45) is 8.26. The number of rotatable bonds is 3. The van der Waals surface area contributed by atoms with Crippen LogP contribution in [0, 0.1) is 17.3 Å². The van der Waals surface area contributed by atoms with E-state index in [1.165, 1.54) is 32.1 Å². The Morgan fingerprint density at radius 1 is 1.05 bits per heavy atom. The summed E-state index contributed by atoms with van der Waals surface area (Å²) >= 11 is 0. The molecule has 0 radical (unpaired) electrons. The zero-order valence-electron chi connectivity index (χ0n) is 13.5. The molecule has 0 aromatic heterocycles. The first-order valence-electron chi connectivity index (χ1n) is 8.45. The molecular weight excluding hydrogens is 248 g/mol. The fourth-order valence-corrected chi connectivity index (χ4v) is 3.78. The van der Waals surface area contributed by atoms with Crippen molar-refractivity contribution in [1.82, 2.24) is 10.6 Å². The number of carbonyl (C=O) groups excluding carboxylic acids is 1. The Kier molecular flexibility index (Phi) is 5.48. The highest BCUT2D eigenvalue weighted by atomic mass is 16.1. The minimum Gasteiger partial charge on any atom is -0.353 e. The van der Waals surface area contributed by atoms with Gasteiger partial charge in [-0.05, 0) is 69.4 Å². The van der Waals surface area contributed by atoms with Gasteiger partial charge in [-0.25, -0.2) is 0 Å². The van der Waals surface area contributed by atoms with Crippen LogP contribution in [0.2, 0.25) is 0 Å². The quantitative estimate of drug-likeness (QED) is 0.834. The third-order valence-electron chi connectivity index (χ3n) is 4.80. The van der Waals surface area contributed by atoms with Gasteiger partial charge in [0.1, 0.15) is 0 Å². The van der Waals surface area contributed by atoms with Gasteiger partial charge in [-0.3, -0.25) is 4.79 Å². The van der Waals surface area contributed by atoms with E-state index in [2.05, 4.69) is 31.4 Å². The Morgan fingerprint density at radius 3 is 2.20 bits per heavy atom. The molecule has 1 saturated heterocycles. The molecule has 0 bridgehead atoms. The smallest absolute Gasteiger partial charge is 0.223 e. The largest absolute Gasteiger partial charge is 0.353 e. The van der Waals surface area contributed by atoms with Gasteiger partial charge in [-0.2, -0.15) is 0 Å². The molecule has 0 aromatic rings. The van der Waals surface area contributed by atoms with Crippen molar-refractivity contribution in [3.63, 3.8) is 0 Å². The molecule has 1 saturated carbocycles. The lowest BCUT2D eigenvalue weighted by Gasteiger charge is -2.34. The molecule has 1 heterocycles. The molecule has 3 nitrogen and oxygen atoms in total. The number of amides is 1. The lowest BCUT2D eigenvalue weighted by Crippen LogP contribution is -2.44. The van der Waals surface area contributed by atoms with E-state index in [1.807, 2.05) is 0 Å². The Labute approximate surface area is 124 Å². The minimum absolute atomic E-state index is 0.253. The van der Waals surface area contributed by atoms with Crippen LogP contribution in [-0.4, -0.2) is 25.0 Å². The summed E-state index contributed by atoms with van der Waals surface area (Å²) in [6.45, 7) is 8.99. The van der Waals surface area contributed by atoms with Crippen LogP contribution >= 0.6 is 0 Å². The molecule has 2 N–H and O–H groups in total. The molecule has 3 heteroatoms. The van der Waals surface area contributed by atoms with Crippen LogP contribution in [0.5, 0.6) is 0 Å². The summed E-state index contributed by atoms with van der Waals surface area (Å²) in [7, 11) is 0. The molecule has 1 aliphatic heterocycles. The molecule has 116 valence electrons. The maximum atomic E-state index is 12.2. The number of hydrogen-bond acceptors (Lipinski definition) is 2. The maximum absolute atomic E-state index is 12.2. The molecule has 1 amide bonds. The van der Waals surface area contributed by atoms with E-state index >= 15 is 0 Å². The van der Waals surface area contributed by atoms with Gasteiger partial charge >= 0.3 is 0 Å². The van der Waals surface area contributed by atoms with E-state index in [9.17, 15) is 4.79 Å². The van der Waals surface area contributed by atoms with Crippen LogP contribution in [0.25, 0.3) is 0 Å². The maximum Gasteiger partial charge on any atom is 0.223 e. The highest BCUT2D eigenvalue weighted by Crippen LogP contribution is 2.34. The minimum atomic E-state index is 0.253. The first kappa shape index (κ1) is 15.8. The number of nitrogens with one attached hydrogen (secondary N) is 2. The van der Waals surface area contributed by atoms with Crippen molar-refractivity contribution in [3.05, 3.63) is 0 Å². The van der Waals surface area contributed by atoms with Crippen molar-refractivity contribution in [1.29, 1.82) is 0 Å². The topological polar surface area (TPSA) is 41.1 Å². The van der Waals surface area contributed by atoms with E-state index in [-0.39, 0.29) is 5.92 Å². The summed E-state index contributed by atoms with van der Waals surface area (Å²) < 4.78 is 0. The Balaban J connectivity index is 1.70. The fourth-order valence-electron chi connectivity index (χ4n) is 3.78. The van der Waals surface area contributed by atoms with Gasteiger partial charge in [0.25, 0.3) is 0 Å². The van der Waals surface area contributed by atoms with Crippen molar-refractivity contribution >= 4 is 5.91 Å². The molecule has 1 aliphatic carbocycles. The van der Waals surface area contributed by atoms with Crippen molar-refractivity contribution in [2.75, 3.05) is 13.1 Å². The summed E-state index contributed by atoms with van der Waals surface area (Å²) in [5.41, 5.74) is 0.440. The summed E-state index contributed by atoms with van der Waals surface area (Å²) in [6, 6.07) is 0.439. The van der Waals surface area contributed by atoms with Gasteiger partial charge in [-0.15, -0.1) is 0 Å². The van der Waals surface area contributed by atoms with Crippen molar-refractivity contribution in [3.8, 4) is 0 Å². The SMILES string of the molecule is CC(C)(C)CC1CCC(NC(=O)C2CCNCC2)CC1. The second kappa shape index (κ2) is 6.93. The molecule has 0 aromatic carbocycles. The van der Waals surface area contributed by atoms with E-state index in [4.69, 9.17) is 0 Å². The first-order valence-corrected chi connectivity index (χ1v) is 8.45. The van der Waals surface area contributed by atoms with E-state index in [0.29, 0.717) is 17.4 Å². The van der Waals surface area contributed by atoms with Crippen LogP contribution in [0.4, 0.5) is 0 Å². The van der Waals surface area contributed by atoms with Crippen LogP contribution in [0.1, 0.15) is 65.7 Å². The lowest BCUT2D eigenvalue weighted by molar-refractivity contribution is -0.126. The van der Waals surface area contributed by atoms with E-state index in [0.717, 1.165) is 31.8 Å². The third-order valence-corrected chi connectivity index (χ3v) is 4.80. The van der Waals surface area contributed by atoms with E-state index < -0.39 is 0 Å². The fraction of sp³-hybridized carbons (Fsp3) is 0.941. The van der Waals surface area contributed by atoms with Gasteiger partial charge in [-0.1, -0.05) is 20.8 Å². The van der Waals surface area contributed by atoms with Gasteiger partial charge < -0.3 is 10.6 Å². The molecule has 2 rings (SSSR count). The standard InChI is InChI=1S/C17H32N2O/c1-17(2,3)12-13-4-6-15(7-5-13)19-16(20)14-8-10-18-11-9-14/h13-15,18H,4-12H2,1-3H3,(H,19,20). The Bertz CT molecular complexity index is 307. The monoisotopic (exact) mass is 280 g/mol. The zero-order chi connectivity index (χ0) is 14.6. The van der Waals surface area contributed by atoms with Gasteiger partial charge in [0.05, 0.1) is 0 Å². The number of piperidine rings is 1. The van der Waals surface area contributed by atoms with Crippen LogP contribution in [0.15, 0.2) is 0 Å². The molecular formula is C17H32N2O. The number of hydrogen-bond donors (Lipinski definition) is 2. The van der Waals surface area contributed by atoms with Crippen LogP contribution in [-0.2, 0) is 4.79 Å². The van der Waals surface area contributed by atoms with Crippen molar-refractivity contribution in [2.45, 2.75) is 71.8 Å². The summed E-state index contributed by atoms with van der Waals surface area (Å²) in [5.74, 6) is 1.43. The molecule has 0 atom stereocenters. The molecule has 20 heavy (non-hydrogen) atoms. The van der Waals surface area contributed by atoms with Crippen LogP contribution < -0.4 is 10.6 Å². The second-order valence-electron chi connectivity index (χ2n) is 8.02. The van der Waals surface area contributed by atoms with E-state index in [1.54, 1.807) is 0 Å². The van der Waals surface area contributed by atoms with Crippen LogP contribution in [0.3, 0.4) is 0 Å². The van der Waals surface area contributed by atoms with Crippen molar-refractivity contribution in [2.24, 2.45) is 17.3 Å². The zero-order valence-corrected chi connectivity index (χ0v) is 13.5. The first-order chi connectivity index (χ1) is 9.44. The molecule has 0 spiro atoms. The van der Waals surface area contributed by atoms with Gasteiger partial charge in [0.2, 0.25) is 5.91 Å². The Morgan fingerprint density at radius 2 is 1.65 bits per heavy atom. The Hall–Kier alpha value is -0.570. The van der Waals surface area contributed by atoms with Gasteiger partial charge in [0, 0.05) is 12.0 Å². The summed E-state index contributed by atoms with van der Waals surface area (Å²) in [5, 5.41) is 6.63. The number of carbonyl (C=O) groups is 1. The second-order valence-corrected chi connectivity index (χ2v) is 8.02.